The van der Waals surface area contributed by atoms with Gasteiger partial charge >= 0.3 is 5.78 Å². The fourth-order valence-corrected chi connectivity index (χ4v) is 1.94. The number of carbonyl (C=O) groups excluding carboxylic acids is 2. The van der Waals surface area contributed by atoms with E-state index in [1.807, 2.05) is 36.4 Å². The second kappa shape index (κ2) is 5.96. The summed E-state index contributed by atoms with van der Waals surface area (Å²) in [5.74, 6) is 0.295. The van der Waals surface area contributed by atoms with E-state index in [-0.39, 0.29) is 5.78 Å². The quantitative estimate of drug-likeness (QED) is 0.362. The van der Waals surface area contributed by atoms with Crippen molar-refractivity contribution >= 4 is 11.6 Å². The summed E-state index contributed by atoms with van der Waals surface area (Å²) in [6.45, 7) is 1.61. The molecule has 0 bridgehead atoms. The Kier molecular flexibility index (Phi) is 4.08. The maximum atomic E-state index is 12.4. The molecular formula is C16H14O3. The van der Waals surface area contributed by atoms with Gasteiger partial charge in [0.1, 0.15) is 0 Å². The SMILES string of the molecule is CC(Cc1ccccc1C(=O)c1ccccc1)=[O+][O-]. The fraction of sp³-hybridized carbons (Fsp3) is 0.125. The zero-order valence-electron chi connectivity index (χ0n) is 10.6. The predicted molar refractivity (Wildman–Crippen MR) is 70.7 cm³/mol. The van der Waals surface area contributed by atoms with Gasteiger partial charge in [0.05, 0.1) is 13.3 Å². The highest BCUT2D eigenvalue weighted by Crippen LogP contribution is 2.15. The number of rotatable bonds is 4. The van der Waals surface area contributed by atoms with E-state index in [4.69, 9.17) is 0 Å². The van der Waals surface area contributed by atoms with Gasteiger partial charge in [0.15, 0.2) is 5.78 Å². The Morgan fingerprint density at radius 2 is 1.68 bits per heavy atom. The first-order valence-electron chi connectivity index (χ1n) is 6.02. The summed E-state index contributed by atoms with van der Waals surface area (Å²) in [4.78, 5) is 12.4. The maximum Gasteiger partial charge on any atom is 0.330 e. The highest BCUT2D eigenvalue weighted by molar-refractivity contribution is 6.10. The summed E-state index contributed by atoms with van der Waals surface area (Å²) in [6.07, 6.45) is 0.345. The van der Waals surface area contributed by atoms with Crippen LogP contribution in [0.25, 0.3) is 0 Å². The molecule has 0 N–H and O–H groups in total. The average Bonchev–Trinajstić information content (AvgIpc) is 2.48. The summed E-state index contributed by atoms with van der Waals surface area (Å²) in [5, 5.41) is 10.4. The smallest absolute Gasteiger partial charge is 0.330 e. The standard InChI is InChI=1S/C16H14O3/c1-12(19-18)11-14-9-5-6-10-15(14)16(17)13-7-3-2-4-8-13/h2-10H,11H2,1H3. The van der Waals surface area contributed by atoms with Crippen LogP contribution in [-0.4, -0.2) is 11.6 Å². The molecule has 0 heterocycles. The minimum atomic E-state index is -0.0464. The van der Waals surface area contributed by atoms with Gasteiger partial charge in [0.2, 0.25) is 0 Å². The van der Waals surface area contributed by atoms with Gasteiger partial charge in [-0.2, -0.15) is 4.58 Å². The Balaban J connectivity index is 2.37. The molecule has 0 unspecified atom stereocenters. The summed E-state index contributed by atoms with van der Waals surface area (Å²) in [7, 11) is 0. The van der Waals surface area contributed by atoms with Gasteiger partial charge in [-0.3, -0.25) is 4.79 Å². The van der Waals surface area contributed by atoms with Crippen LogP contribution in [0.3, 0.4) is 0 Å². The van der Waals surface area contributed by atoms with Crippen molar-refractivity contribution in [3.05, 3.63) is 71.3 Å². The summed E-state index contributed by atoms with van der Waals surface area (Å²) in [5.41, 5.74) is 2.03. The van der Waals surface area contributed by atoms with E-state index < -0.39 is 0 Å². The van der Waals surface area contributed by atoms with E-state index >= 15 is 0 Å². The first kappa shape index (κ1) is 13.0. The van der Waals surface area contributed by atoms with Crippen LogP contribution in [0.1, 0.15) is 28.4 Å². The van der Waals surface area contributed by atoms with Crippen molar-refractivity contribution in [2.45, 2.75) is 13.3 Å². The monoisotopic (exact) mass is 254 g/mol. The van der Waals surface area contributed by atoms with Gasteiger partial charge in [0.25, 0.3) is 0 Å². The van der Waals surface area contributed by atoms with Crippen molar-refractivity contribution in [3.63, 3.8) is 0 Å². The molecule has 0 aromatic heterocycles. The van der Waals surface area contributed by atoms with Gasteiger partial charge in [-0.1, -0.05) is 54.6 Å². The van der Waals surface area contributed by atoms with Crippen LogP contribution in [0.5, 0.6) is 0 Å². The van der Waals surface area contributed by atoms with E-state index in [1.165, 1.54) is 0 Å². The molecule has 0 fully saturated rings. The van der Waals surface area contributed by atoms with Crippen LogP contribution in [0.2, 0.25) is 0 Å². The Bertz CT molecular complexity index is 600. The molecule has 2 aromatic carbocycles. The molecule has 0 radical (unpaired) electrons. The van der Waals surface area contributed by atoms with E-state index in [0.717, 1.165) is 5.56 Å². The van der Waals surface area contributed by atoms with Crippen molar-refractivity contribution in [3.8, 4) is 0 Å². The minimum absolute atomic E-state index is 0.0464. The molecule has 0 aliphatic carbocycles. The zero-order valence-corrected chi connectivity index (χ0v) is 10.6. The third-order valence-electron chi connectivity index (χ3n) is 2.88. The Morgan fingerprint density at radius 1 is 1.05 bits per heavy atom. The Hall–Kier alpha value is -2.42. The normalized spacial score (nSPS) is 11.3. The first-order valence-corrected chi connectivity index (χ1v) is 6.02. The van der Waals surface area contributed by atoms with Crippen LogP contribution in [-0.2, 0) is 11.0 Å². The average molecular weight is 254 g/mol. The van der Waals surface area contributed by atoms with Crippen molar-refractivity contribution < 1.29 is 14.6 Å². The lowest BCUT2D eigenvalue weighted by Crippen LogP contribution is -2.12. The van der Waals surface area contributed by atoms with Crippen LogP contribution in [0, 0.1) is 0 Å². The second-order valence-electron chi connectivity index (χ2n) is 4.31. The third-order valence-corrected chi connectivity index (χ3v) is 2.88. The lowest BCUT2D eigenvalue weighted by molar-refractivity contribution is -1.05. The molecule has 0 spiro atoms. The van der Waals surface area contributed by atoms with Crippen LogP contribution >= 0.6 is 0 Å². The lowest BCUT2D eigenvalue weighted by Gasteiger charge is -2.06. The van der Waals surface area contributed by atoms with Crippen LogP contribution in [0.4, 0.5) is 0 Å². The highest BCUT2D eigenvalue weighted by Gasteiger charge is 2.15. The first-order chi connectivity index (χ1) is 9.22. The van der Waals surface area contributed by atoms with Crippen molar-refractivity contribution in [1.29, 1.82) is 0 Å². The number of hydrogen-bond acceptors (Lipinski definition) is 2. The van der Waals surface area contributed by atoms with Crippen LogP contribution < -0.4 is 5.26 Å². The molecule has 0 aliphatic heterocycles. The van der Waals surface area contributed by atoms with Gasteiger partial charge < -0.3 is 5.26 Å². The minimum Gasteiger partial charge on any atom is -0.463 e. The second-order valence-corrected chi connectivity index (χ2v) is 4.31. The van der Waals surface area contributed by atoms with Gasteiger partial charge in [0, 0.05) is 11.1 Å². The highest BCUT2D eigenvalue weighted by atomic mass is 17.1. The molecule has 2 rings (SSSR count). The van der Waals surface area contributed by atoms with Gasteiger partial charge in [-0.15, -0.1) is 0 Å². The van der Waals surface area contributed by atoms with E-state index in [0.29, 0.717) is 23.3 Å². The number of carbonyl (C=O) groups is 1. The molecule has 0 amide bonds. The lowest BCUT2D eigenvalue weighted by atomic mass is 9.96. The summed E-state index contributed by atoms with van der Waals surface area (Å²) in [6, 6.07) is 16.3. The van der Waals surface area contributed by atoms with E-state index in [1.54, 1.807) is 25.1 Å². The topological polar surface area (TPSA) is 51.4 Å². The molecular weight excluding hydrogens is 240 g/mol. The third kappa shape index (κ3) is 3.07. The molecule has 3 heteroatoms. The summed E-state index contributed by atoms with van der Waals surface area (Å²) < 4.78 is 3.95. The van der Waals surface area contributed by atoms with Crippen molar-refractivity contribution in [2.24, 2.45) is 0 Å². The molecule has 0 saturated heterocycles. The van der Waals surface area contributed by atoms with Crippen molar-refractivity contribution in [2.75, 3.05) is 0 Å². The summed E-state index contributed by atoms with van der Waals surface area (Å²) >= 11 is 0. The Labute approximate surface area is 111 Å². The Morgan fingerprint density at radius 3 is 2.37 bits per heavy atom. The molecule has 0 atom stereocenters. The molecule has 0 saturated carbocycles. The van der Waals surface area contributed by atoms with Gasteiger partial charge in [-0.05, 0) is 5.56 Å². The number of hydrogen-bond donors (Lipinski definition) is 0. The van der Waals surface area contributed by atoms with E-state index in [2.05, 4.69) is 4.58 Å². The van der Waals surface area contributed by atoms with Crippen molar-refractivity contribution in [1.82, 2.24) is 0 Å². The molecule has 2 aromatic rings. The zero-order chi connectivity index (χ0) is 13.7. The largest absolute Gasteiger partial charge is 0.463 e. The fourth-order valence-electron chi connectivity index (χ4n) is 1.94. The predicted octanol–water partition coefficient (Wildman–Crippen LogP) is 1.86. The molecule has 19 heavy (non-hydrogen) atoms. The molecule has 96 valence electrons. The maximum absolute atomic E-state index is 12.4. The van der Waals surface area contributed by atoms with Crippen LogP contribution in [0.15, 0.2) is 54.6 Å². The molecule has 3 nitrogen and oxygen atoms in total. The van der Waals surface area contributed by atoms with Gasteiger partial charge in [-0.25, -0.2) is 0 Å². The number of ketones is 2. The number of benzene rings is 2. The van der Waals surface area contributed by atoms with E-state index in [9.17, 15) is 10.1 Å². The molecule has 0 aliphatic rings.